The third kappa shape index (κ3) is 4.74. The van der Waals surface area contributed by atoms with Gasteiger partial charge in [0.1, 0.15) is 0 Å². The Hall–Kier alpha value is -7.72. The molecular weight excluding hydrogens is 684 g/mol. The molecule has 0 saturated heterocycles. The van der Waals surface area contributed by atoms with Crippen LogP contribution in [0.4, 0.5) is 11.4 Å². The number of hydrogen-bond acceptors (Lipinski definition) is 8. The van der Waals surface area contributed by atoms with Gasteiger partial charge in [-0.25, -0.2) is 9.98 Å². The third-order valence-electron chi connectivity index (χ3n) is 9.85. The monoisotopic (exact) mass is 706 g/mol. The van der Waals surface area contributed by atoms with Gasteiger partial charge in [0.25, 0.3) is 0 Å². The average Bonchev–Trinajstić information content (AvgIpc) is 3.20. The summed E-state index contributed by atoms with van der Waals surface area (Å²) in [5.41, 5.74) is 1.74. The van der Waals surface area contributed by atoms with Gasteiger partial charge in [-0.3, -0.25) is 28.8 Å². The Morgan fingerprint density at radius 1 is 0.333 bits per heavy atom. The molecule has 3 aliphatic carbocycles. The number of rotatable bonds is 4. The minimum Gasteiger partial charge on any atom is -0.493 e. The highest BCUT2D eigenvalue weighted by atomic mass is 16.3. The number of aliphatic hydroxyl groups excluding tert-OH is 2. The number of aliphatic hydroxyl groups is 2. The first-order valence-corrected chi connectivity index (χ1v) is 16.7. The van der Waals surface area contributed by atoms with E-state index in [1.807, 2.05) is 0 Å². The predicted molar refractivity (Wildman–Crippen MR) is 197 cm³/mol. The summed E-state index contributed by atoms with van der Waals surface area (Å²) in [5.74, 6) is -3.65. The smallest absolute Gasteiger partial charge is 0.218 e. The van der Waals surface area contributed by atoms with E-state index in [-0.39, 0.29) is 101 Å². The zero-order chi connectivity index (χ0) is 37.4. The van der Waals surface area contributed by atoms with Crippen LogP contribution in [0.5, 0.6) is 0 Å². The molecule has 3 aliphatic rings. The molecule has 6 aromatic carbocycles. The lowest BCUT2D eigenvalue weighted by atomic mass is 9.82. The Bertz CT molecular complexity index is 2670. The van der Waals surface area contributed by atoms with Crippen LogP contribution in [0.1, 0.15) is 107 Å². The maximum Gasteiger partial charge on any atom is 0.218 e. The zero-order valence-electron chi connectivity index (χ0n) is 27.8. The first kappa shape index (κ1) is 32.2. The molecule has 54 heavy (non-hydrogen) atoms. The zero-order valence-corrected chi connectivity index (χ0v) is 27.8. The number of benzene rings is 6. The summed E-state index contributed by atoms with van der Waals surface area (Å²) in [4.78, 5) is 89.3. The van der Waals surface area contributed by atoms with Crippen LogP contribution < -0.4 is 0 Å². The molecule has 10 heteroatoms. The molecule has 0 heterocycles. The van der Waals surface area contributed by atoms with Gasteiger partial charge in [0.05, 0.1) is 22.5 Å². The lowest BCUT2D eigenvalue weighted by Crippen LogP contribution is -2.22. The minimum atomic E-state index is -0.581. The van der Waals surface area contributed by atoms with E-state index in [2.05, 4.69) is 9.98 Å². The van der Waals surface area contributed by atoms with Gasteiger partial charge in [0.15, 0.2) is 34.7 Å². The van der Waals surface area contributed by atoms with Crippen molar-refractivity contribution in [2.45, 2.75) is 0 Å². The van der Waals surface area contributed by atoms with Crippen LogP contribution in [-0.4, -0.2) is 56.7 Å². The quantitative estimate of drug-likeness (QED) is 0.142. The highest BCUT2D eigenvalue weighted by Crippen LogP contribution is 2.38. The fourth-order valence-electron chi connectivity index (χ4n) is 7.23. The van der Waals surface area contributed by atoms with Crippen LogP contribution in [-0.2, 0) is 0 Å². The van der Waals surface area contributed by atoms with Crippen LogP contribution in [0.2, 0.25) is 0 Å². The average molecular weight is 707 g/mol. The molecule has 0 radical (unpaired) electrons. The SMILES string of the molecule is O=C1c2ccccc2C(=O)c2cc(C(O)=Nc3cccc4c3C(=O)c3cccc(N=C(O)c5ccc6c(c5)C(=O)c5ccccc5C6=O)c3C4=O)ccc21. The fourth-order valence-corrected chi connectivity index (χ4v) is 7.23. The van der Waals surface area contributed by atoms with Gasteiger partial charge in [0, 0.05) is 66.8 Å². The lowest BCUT2D eigenvalue weighted by Gasteiger charge is -2.20. The molecule has 6 aromatic rings. The van der Waals surface area contributed by atoms with Gasteiger partial charge in [-0.1, -0.05) is 72.8 Å². The van der Waals surface area contributed by atoms with Crippen LogP contribution in [0.3, 0.4) is 0 Å². The van der Waals surface area contributed by atoms with E-state index < -0.39 is 23.4 Å². The lowest BCUT2D eigenvalue weighted by molar-refractivity contribution is 0.0979. The van der Waals surface area contributed by atoms with Gasteiger partial charge >= 0.3 is 0 Å². The Morgan fingerprint density at radius 3 is 1.02 bits per heavy atom. The second-order valence-corrected chi connectivity index (χ2v) is 12.9. The summed E-state index contributed by atoms with van der Waals surface area (Å²) < 4.78 is 0. The molecule has 10 nitrogen and oxygen atoms in total. The number of aliphatic imine (C=N–C) groups is 2. The molecule has 0 saturated carbocycles. The molecule has 256 valence electrons. The normalized spacial score (nSPS) is 14.5. The van der Waals surface area contributed by atoms with Crippen molar-refractivity contribution in [3.05, 3.63) is 199 Å². The second kappa shape index (κ2) is 11.9. The summed E-state index contributed by atoms with van der Waals surface area (Å²) in [6.07, 6.45) is 0. The first-order chi connectivity index (χ1) is 26.1. The number of hydrogen-bond donors (Lipinski definition) is 2. The molecule has 2 N–H and O–H groups in total. The van der Waals surface area contributed by atoms with Crippen molar-refractivity contribution in [1.82, 2.24) is 0 Å². The van der Waals surface area contributed by atoms with E-state index in [4.69, 9.17) is 0 Å². The van der Waals surface area contributed by atoms with Crippen LogP contribution in [0.15, 0.2) is 131 Å². The second-order valence-electron chi connectivity index (χ2n) is 12.9. The summed E-state index contributed by atoms with van der Waals surface area (Å²) in [7, 11) is 0. The maximum absolute atomic E-state index is 14.1. The molecule has 0 spiro atoms. The van der Waals surface area contributed by atoms with Crippen LogP contribution >= 0.6 is 0 Å². The maximum atomic E-state index is 14.1. The van der Waals surface area contributed by atoms with Gasteiger partial charge in [-0.05, 0) is 48.5 Å². The van der Waals surface area contributed by atoms with Crippen molar-refractivity contribution in [3.63, 3.8) is 0 Å². The number of carbonyl (C=O) groups is 6. The predicted octanol–water partition coefficient (Wildman–Crippen LogP) is 7.29. The van der Waals surface area contributed by atoms with Gasteiger partial charge in [-0.15, -0.1) is 0 Å². The van der Waals surface area contributed by atoms with E-state index in [9.17, 15) is 39.0 Å². The standard InChI is InChI=1S/C44H22N2O8/c47-37-23-7-1-3-9-25(23)39(49)31-19-21(15-17-27(31)37)43(53)45-33-13-5-11-29-35(33)41(51)30-12-6-14-34(36(30)42(29)52)46-44(54)22-16-18-28-32(20-22)40(50)26-10-4-2-8-24(26)38(28)48/h1-20H,(H,45,53)(H,46,54). The molecule has 0 aliphatic heterocycles. The van der Waals surface area contributed by atoms with E-state index in [0.29, 0.717) is 11.1 Å². The molecule has 0 atom stereocenters. The number of ketones is 6. The van der Waals surface area contributed by atoms with Crippen molar-refractivity contribution in [2.75, 3.05) is 0 Å². The largest absolute Gasteiger partial charge is 0.493 e. The summed E-state index contributed by atoms with van der Waals surface area (Å²) in [6.45, 7) is 0. The van der Waals surface area contributed by atoms with Gasteiger partial charge in [0.2, 0.25) is 11.8 Å². The molecule has 0 unspecified atom stereocenters. The minimum absolute atomic E-state index is 0.00827. The molecule has 0 amide bonds. The molecule has 0 aromatic heterocycles. The van der Waals surface area contributed by atoms with Crippen molar-refractivity contribution in [3.8, 4) is 0 Å². The molecular formula is C44H22N2O8. The molecule has 9 rings (SSSR count). The van der Waals surface area contributed by atoms with E-state index >= 15 is 0 Å². The summed E-state index contributed by atoms with van der Waals surface area (Å²) in [5, 5.41) is 22.3. The van der Waals surface area contributed by atoms with Gasteiger partial charge in [-0.2, -0.15) is 0 Å². The number of fused-ring (bicyclic) bond motifs is 6. The topological polar surface area (TPSA) is 168 Å². The summed E-state index contributed by atoms with van der Waals surface area (Å²) >= 11 is 0. The van der Waals surface area contributed by atoms with E-state index in [0.717, 1.165) is 0 Å². The van der Waals surface area contributed by atoms with E-state index in [1.165, 1.54) is 72.8 Å². The Morgan fingerprint density at radius 2 is 0.648 bits per heavy atom. The van der Waals surface area contributed by atoms with Crippen molar-refractivity contribution in [1.29, 1.82) is 0 Å². The summed E-state index contributed by atoms with van der Waals surface area (Å²) in [6, 6.07) is 30.3. The Kier molecular flexibility index (Phi) is 7.11. The Labute approximate surface area is 305 Å². The van der Waals surface area contributed by atoms with Crippen LogP contribution in [0, 0.1) is 0 Å². The molecule has 0 fully saturated rings. The Balaban J connectivity index is 1.06. The number of nitrogens with zero attached hydrogens (tertiary/aromatic N) is 2. The number of carbonyl (C=O) groups excluding carboxylic acids is 6. The van der Waals surface area contributed by atoms with Crippen molar-refractivity contribution < 1.29 is 39.0 Å². The van der Waals surface area contributed by atoms with Crippen molar-refractivity contribution >= 4 is 57.9 Å². The van der Waals surface area contributed by atoms with Crippen LogP contribution in [0.25, 0.3) is 0 Å². The first-order valence-electron chi connectivity index (χ1n) is 16.7. The van der Waals surface area contributed by atoms with E-state index in [1.54, 1.807) is 48.5 Å². The van der Waals surface area contributed by atoms with Crippen molar-refractivity contribution in [2.24, 2.45) is 9.98 Å². The molecule has 0 bridgehead atoms. The fraction of sp³-hybridized carbons (Fsp3) is 0. The van der Waals surface area contributed by atoms with Gasteiger partial charge < -0.3 is 10.2 Å². The highest BCUT2D eigenvalue weighted by molar-refractivity contribution is 6.32. The highest BCUT2D eigenvalue weighted by Gasteiger charge is 2.35. The third-order valence-corrected chi connectivity index (χ3v) is 9.85.